The Morgan fingerprint density at radius 3 is 2.92 bits per heavy atom. The Hall–Kier alpha value is -1.62. The first-order valence-corrected chi connectivity index (χ1v) is 9.69. The Bertz CT molecular complexity index is 532. The highest BCUT2D eigenvalue weighted by atomic mass is 19.1. The van der Waals surface area contributed by atoms with E-state index in [0.717, 1.165) is 37.1 Å². The average Bonchev–Trinajstić information content (AvgIpc) is 2.61. The number of unbranched alkanes of at least 4 members (excludes halogenated alkanes) is 1. The fraction of sp³-hybridized carbons (Fsp3) is 0.650. The lowest BCUT2D eigenvalue weighted by Gasteiger charge is -2.33. The monoisotopic (exact) mass is 348 g/mol. The number of nitrogens with one attached hydrogen (secondary N) is 2. The first kappa shape index (κ1) is 19.7. The van der Waals surface area contributed by atoms with Crippen LogP contribution in [-0.2, 0) is 6.54 Å². The number of piperidine rings is 1. The molecule has 5 heteroatoms. The van der Waals surface area contributed by atoms with Gasteiger partial charge in [-0.25, -0.2) is 9.38 Å². The van der Waals surface area contributed by atoms with Gasteiger partial charge in [0.05, 0.1) is 6.54 Å². The summed E-state index contributed by atoms with van der Waals surface area (Å²) in [5, 5.41) is 6.63. The second-order valence-electron chi connectivity index (χ2n) is 6.84. The highest BCUT2D eigenvalue weighted by Crippen LogP contribution is 2.16. The van der Waals surface area contributed by atoms with Crippen LogP contribution in [0.4, 0.5) is 4.39 Å². The average molecular weight is 349 g/mol. The van der Waals surface area contributed by atoms with Crippen molar-refractivity contribution in [1.29, 1.82) is 0 Å². The molecule has 0 amide bonds. The van der Waals surface area contributed by atoms with E-state index in [4.69, 9.17) is 0 Å². The molecule has 0 aromatic heterocycles. The fourth-order valence-corrected chi connectivity index (χ4v) is 3.28. The van der Waals surface area contributed by atoms with E-state index in [9.17, 15) is 4.39 Å². The Kier molecular flexibility index (Phi) is 8.73. The Morgan fingerprint density at radius 2 is 2.16 bits per heavy atom. The zero-order valence-electron chi connectivity index (χ0n) is 15.7. The summed E-state index contributed by atoms with van der Waals surface area (Å²) < 4.78 is 13.2. The van der Waals surface area contributed by atoms with Crippen LogP contribution in [-0.4, -0.2) is 43.1 Å². The van der Waals surface area contributed by atoms with Crippen molar-refractivity contribution in [2.45, 2.75) is 58.5 Å². The maximum Gasteiger partial charge on any atom is 0.191 e. The highest BCUT2D eigenvalue weighted by Gasteiger charge is 2.16. The van der Waals surface area contributed by atoms with Gasteiger partial charge in [-0.15, -0.1) is 0 Å². The third-order valence-electron chi connectivity index (χ3n) is 4.76. The summed E-state index contributed by atoms with van der Waals surface area (Å²) in [6.45, 7) is 9.07. The van der Waals surface area contributed by atoms with Crippen molar-refractivity contribution < 1.29 is 4.39 Å². The molecule has 1 unspecified atom stereocenters. The Balaban J connectivity index is 1.69. The van der Waals surface area contributed by atoms with Crippen molar-refractivity contribution in [2.75, 3.05) is 26.2 Å². The van der Waals surface area contributed by atoms with Gasteiger partial charge in [0, 0.05) is 19.1 Å². The van der Waals surface area contributed by atoms with Gasteiger partial charge in [0.25, 0.3) is 0 Å². The molecule has 1 fully saturated rings. The molecule has 1 aliphatic rings. The number of likely N-dealkylation sites (tertiary alicyclic amines) is 1. The summed E-state index contributed by atoms with van der Waals surface area (Å²) in [6, 6.07) is 7.36. The van der Waals surface area contributed by atoms with Crippen molar-refractivity contribution >= 4 is 5.96 Å². The van der Waals surface area contributed by atoms with Crippen LogP contribution in [0.1, 0.15) is 51.5 Å². The van der Waals surface area contributed by atoms with Gasteiger partial charge < -0.3 is 15.5 Å². The predicted octanol–water partition coefficient (Wildman–Crippen LogP) is 3.54. The van der Waals surface area contributed by atoms with Gasteiger partial charge >= 0.3 is 0 Å². The quantitative estimate of drug-likeness (QED) is 0.429. The number of hydrogen-bond donors (Lipinski definition) is 2. The largest absolute Gasteiger partial charge is 0.357 e. The molecule has 0 radical (unpaired) electrons. The number of benzene rings is 1. The number of nitrogens with zero attached hydrogens (tertiary/aromatic N) is 2. The second-order valence-corrected chi connectivity index (χ2v) is 6.84. The van der Waals surface area contributed by atoms with Crippen LogP contribution in [0.15, 0.2) is 29.3 Å². The number of rotatable bonds is 8. The van der Waals surface area contributed by atoms with Crippen LogP contribution in [0.3, 0.4) is 0 Å². The lowest BCUT2D eigenvalue weighted by Crippen LogP contribution is -2.39. The van der Waals surface area contributed by atoms with Gasteiger partial charge in [0.2, 0.25) is 0 Å². The summed E-state index contributed by atoms with van der Waals surface area (Å²) in [7, 11) is 0. The molecular weight excluding hydrogens is 315 g/mol. The molecule has 2 rings (SSSR count). The van der Waals surface area contributed by atoms with Gasteiger partial charge in [-0.05, 0) is 70.3 Å². The van der Waals surface area contributed by atoms with Gasteiger partial charge in [0.15, 0.2) is 5.96 Å². The molecule has 1 aliphatic heterocycles. The third kappa shape index (κ3) is 7.43. The summed E-state index contributed by atoms with van der Waals surface area (Å²) >= 11 is 0. The number of hydrogen-bond acceptors (Lipinski definition) is 2. The SMILES string of the molecule is CCNC(=NCc1cccc(F)c1)NCCCCN1CCCCC1C. The normalized spacial score (nSPS) is 19.0. The first-order valence-electron chi connectivity index (χ1n) is 9.69. The molecule has 1 heterocycles. The van der Waals surface area contributed by atoms with Crippen molar-refractivity contribution in [1.82, 2.24) is 15.5 Å². The van der Waals surface area contributed by atoms with E-state index in [1.54, 1.807) is 6.07 Å². The van der Waals surface area contributed by atoms with Crippen molar-refractivity contribution in [2.24, 2.45) is 4.99 Å². The van der Waals surface area contributed by atoms with Crippen LogP contribution in [0, 0.1) is 5.82 Å². The topological polar surface area (TPSA) is 39.7 Å². The van der Waals surface area contributed by atoms with E-state index in [1.165, 1.54) is 50.9 Å². The minimum atomic E-state index is -0.211. The van der Waals surface area contributed by atoms with E-state index < -0.39 is 0 Å². The summed E-state index contributed by atoms with van der Waals surface area (Å²) in [6.07, 6.45) is 6.41. The molecule has 0 saturated carbocycles. The molecule has 140 valence electrons. The van der Waals surface area contributed by atoms with Crippen molar-refractivity contribution in [3.05, 3.63) is 35.6 Å². The smallest absolute Gasteiger partial charge is 0.191 e. The zero-order chi connectivity index (χ0) is 17.9. The molecule has 1 aromatic rings. The molecule has 0 bridgehead atoms. The third-order valence-corrected chi connectivity index (χ3v) is 4.76. The van der Waals surface area contributed by atoms with Crippen LogP contribution in [0.2, 0.25) is 0 Å². The van der Waals surface area contributed by atoms with Gasteiger partial charge in [-0.2, -0.15) is 0 Å². The van der Waals surface area contributed by atoms with Crippen LogP contribution < -0.4 is 10.6 Å². The molecule has 1 aromatic carbocycles. The maximum absolute atomic E-state index is 13.2. The molecular formula is C20H33FN4. The van der Waals surface area contributed by atoms with Crippen LogP contribution >= 0.6 is 0 Å². The molecule has 1 saturated heterocycles. The van der Waals surface area contributed by atoms with E-state index in [1.807, 2.05) is 6.07 Å². The molecule has 4 nitrogen and oxygen atoms in total. The molecule has 2 N–H and O–H groups in total. The molecule has 25 heavy (non-hydrogen) atoms. The summed E-state index contributed by atoms with van der Waals surface area (Å²) in [5.74, 6) is 0.593. The summed E-state index contributed by atoms with van der Waals surface area (Å²) in [4.78, 5) is 7.16. The first-order chi connectivity index (χ1) is 12.2. The molecule has 1 atom stereocenters. The molecule has 0 aliphatic carbocycles. The van der Waals surface area contributed by atoms with E-state index in [-0.39, 0.29) is 5.82 Å². The Labute approximate surface area is 151 Å². The van der Waals surface area contributed by atoms with E-state index in [2.05, 4.69) is 34.4 Å². The summed E-state index contributed by atoms with van der Waals surface area (Å²) in [5.41, 5.74) is 0.885. The Morgan fingerprint density at radius 1 is 1.28 bits per heavy atom. The maximum atomic E-state index is 13.2. The predicted molar refractivity (Wildman–Crippen MR) is 103 cm³/mol. The number of aliphatic imine (C=N–C) groups is 1. The second kappa shape index (κ2) is 11.1. The van der Waals surface area contributed by atoms with Crippen molar-refractivity contribution in [3.63, 3.8) is 0 Å². The molecule has 0 spiro atoms. The van der Waals surface area contributed by atoms with Crippen LogP contribution in [0.25, 0.3) is 0 Å². The van der Waals surface area contributed by atoms with Gasteiger partial charge in [-0.3, -0.25) is 0 Å². The minimum absolute atomic E-state index is 0.211. The van der Waals surface area contributed by atoms with E-state index >= 15 is 0 Å². The minimum Gasteiger partial charge on any atom is -0.357 e. The van der Waals surface area contributed by atoms with Gasteiger partial charge in [-0.1, -0.05) is 18.6 Å². The van der Waals surface area contributed by atoms with E-state index in [0.29, 0.717) is 6.54 Å². The van der Waals surface area contributed by atoms with Crippen LogP contribution in [0.5, 0.6) is 0 Å². The lowest BCUT2D eigenvalue weighted by atomic mass is 10.0. The lowest BCUT2D eigenvalue weighted by molar-refractivity contribution is 0.158. The fourth-order valence-electron chi connectivity index (χ4n) is 3.28. The number of guanidine groups is 1. The zero-order valence-corrected chi connectivity index (χ0v) is 15.7. The standard InChI is InChI=1S/C20H33FN4/c1-3-22-20(24-16-18-10-8-11-19(21)15-18)23-12-5-7-14-25-13-6-4-9-17(25)2/h8,10-11,15,17H,3-7,9,12-14,16H2,1-2H3,(H2,22,23,24). The highest BCUT2D eigenvalue weighted by molar-refractivity contribution is 5.79. The van der Waals surface area contributed by atoms with Crippen molar-refractivity contribution in [3.8, 4) is 0 Å². The number of halogens is 1. The van der Waals surface area contributed by atoms with Gasteiger partial charge in [0.1, 0.15) is 5.82 Å².